The molecule has 3 aromatic rings. The molecule has 0 spiro atoms. The minimum atomic E-state index is -1.66. The lowest BCUT2D eigenvalue weighted by atomic mass is 9.99. The number of carbonyl (C=O) groups is 10. The van der Waals surface area contributed by atoms with Crippen molar-refractivity contribution >= 4 is 80.6 Å². The molecule has 26 nitrogen and oxygen atoms in total. The molecule has 1 aliphatic rings. The zero-order chi connectivity index (χ0) is 60.1. The molecule has 1 heterocycles. The topological polar surface area (TPSA) is 436 Å². The highest BCUT2D eigenvalue weighted by Crippen LogP contribution is 2.24. The predicted molar refractivity (Wildman–Crippen MR) is 303 cm³/mol. The molecule has 81 heavy (non-hydrogen) atoms. The highest BCUT2D eigenvalue weighted by Gasteiger charge is 2.37. The lowest BCUT2D eigenvalue weighted by Gasteiger charge is -2.29. The number of benzene rings is 3. The molecule has 3 aromatic carbocycles. The Morgan fingerprint density at radius 3 is 1.47 bits per heavy atom. The first-order valence-electron chi connectivity index (χ1n) is 27.5. The van der Waals surface area contributed by atoms with E-state index in [1.807, 2.05) is 36.4 Å². The molecule has 0 radical (unpaired) electrons. The summed E-state index contributed by atoms with van der Waals surface area (Å²) in [5, 5.41) is 50.8. The van der Waals surface area contributed by atoms with Gasteiger partial charge in [-0.2, -0.15) is 0 Å². The molecule has 1 aliphatic heterocycles. The number of amides is 10. The summed E-state index contributed by atoms with van der Waals surface area (Å²) in [5.74, 6) is -9.22. The maximum Gasteiger partial charge on any atom is 0.252 e. The van der Waals surface area contributed by atoms with Crippen molar-refractivity contribution in [2.24, 2.45) is 34.8 Å². The Balaban J connectivity index is 1.69. The van der Waals surface area contributed by atoms with E-state index in [4.69, 9.17) is 22.9 Å². The maximum absolute atomic E-state index is 14.4. The summed E-state index contributed by atoms with van der Waals surface area (Å²) >= 11 is 0. The average molecular weight is 1130 g/mol. The van der Waals surface area contributed by atoms with Crippen molar-refractivity contribution in [3.05, 3.63) is 60.2 Å². The van der Waals surface area contributed by atoms with Gasteiger partial charge in [-0.3, -0.25) is 47.9 Å². The Hall–Kier alpha value is -7.36. The summed E-state index contributed by atoms with van der Waals surface area (Å²) in [7, 11) is 0. The summed E-state index contributed by atoms with van der Waals surface area (Å²) in [6, 6.07) is 3.44. The van der Waals surface area contributed by atoms with E-state index in [1.165, 1.54) is 13.8 Å². The summed E-state index contributed by atoms with van der Waals surface area (Å²) < 4.78 is 0. The standard InChI is InChI=1S/C55H84N14O12/c1-28(2)23-42-52(78)63-37(13-18-56)47(73)62-40(16-21-59)51(77)69-44(30(5)70)54(80)60-22-17-41(50(76)61-38(14-19-57)49(75)66-43(24-29(3)4)53(79)67-42)64-48(74)39(15-20-58)65-55(81)45(31(6)71)68-46(72)35-12-11-34-25-32-9-7-8-10-33(32)26-36(34)27-35/h7-12,25-31,37-45,70-71H,13-24,56-59H2,1-6H3,(H,60,80)(H,61,76)(H,62,73)(H,63,78)(H,64,74)(H,65,81)(H,66,75)(H,67,79)(H,68,72)(H,69,77)/t30-,31-,37+,38+,39+,40+,41+,42+,43-,44+,45+/m1/s1. The smallest absolute Gasteiger partial charge is 0.252 e. The number of nitrogens with one attached hydrogen (secondary N) is 10. The Labute approximate surface area is 471 Å². The number of carbonyl (C=O) groups excluding carboxylic acids is 10. The summed E-state index contributed by atoms with van der Waals surface area (Å²) in [4.78, 5) is 140. The summed E-state index contributed by atoms with van der Waals surface area (Å²) in [5.41, 5.74) is 23.7. The van der Waals surface area contributed by atoms with Gasteiger partial charge in [0.2, 0.25) is 53.2 Å². The van der Waals surface area contributed by atoms with E-state index in [0.29, 0.717) is 0 Å². The third-order valence-corrected chi connectivity index (χ3v) is 13.5. The summed E-state index contributed by atoms with van der Waals surface area (Å²) in [6.07, 6.45) is -4.01. The molecule has 10 amide bonds. The third-order valence-electron chi connectivity index (χ3n) is 13.5. The van der Waals surface area contributed by atoms with Gasteiger partial charge in [0.25, 0.3) is 5.91 Å². The van der Waals surface area contributed by atoms with Crippen molar-refractivity contribution in [3.8, 4) is 0 Å². The van der Waals surface area contributed by atoms with E-state index >= 15 is 0 Å². The minimum absolute atomic E-state index is 0.0560. The Morgan fingerprint density at radius 2 is 1.00 bits per heavy atom. The Kier molecular flexibility index (Phi) is 26.3. The number of aliphatic hydroxyl groups excluding tert-OH is 2. The van der Waals surface area contributed by atoms with Gasteiger partial charge in [0, 0.05) is 12.1 Å². The van der Waals surface area contributed by atoms with Crippen LogP contribution in [0, 0.1) is 11.8 Å². The van der Waals surface area contributed by atoms with E-state index in [0.717, 1.165) is 21.5 Å². The average Bonchev–Trinajstić information content (AvgIpc) is 3.43. The van der Waals surface area contributed by atoms with Crippen LogP contribution in [0.25, 0.3) is 21.5 Å². The number of fused-ring (bicyclic) bond motifs is 2. The SMILES string of the molecule is CC(C)C[C@@H]1NC(=O)[C@@H](CC(C)C)NC(=O)[C@H](CCN)NC(=O)[C@@H](NC(=O)[C@H](CCN)NC(=O)[C@@H](NC(=O)c2ccc3cc4ccccc4cc3c2)[C@@H](C)O)CCNC(=O)[C@H]([C@@H](C)O)NC(=O)[C@H](CCN)NC(=O)[C@H](CCN)NC1=O. The van der Waals surface area contributed by atoms with Crippen LogP contribution >= 0.6 is 0 Å². The van der Waals surface area contributed by atoms with E-state index < -0.39 is 139 Å². The van der Waals surface area contributed by atoms with Crippen LogP contribution in [0.2, 0.25) is 0 Å². The molecule has 0 bridgehead atoms. The molecular weight excluding hydrogens is 1050 g/mol. The molecular formula is C55H84N14O12. The number of rotatable bonds is 20. The molecule has 0 aromatic heterocycles. The van der Waals surface area contributed by atoms with Gasteiger partial charge in [-0.25, -0.2) is 0 Å². The van der Waals surface area contributed by atoms with Crippen molar-refractivity contribution in [1.29, 1.82) is 0 Å². The second-order valence-electron chi connectivity index (χ2n) is 21.3. The number of hydrogen-bond acceptors (Lipinski definition) is 16. The molecule has 446 valence electrons. The first-order chi connectivity index (χ1) is 38.4. The van der Waals surface area contributed by atoms with Gasteiger partial charge in [-0.1, -0.05) is 58.0 Å². The molecule has 11 atom stereocenters. The monoisotopic (exact) mass is 1130 g/mol. The molecule has 26 heteroatoms. The molecule has 0 saturated carbocycles. The Bertz CT molecular complexity index is 2690. The first kappa shape index (κ1) is 66.2. The van der Waals surface area contributed by atoms with E-state index in [1.54, 1.807) is 45.9 Å². The van der Waals surface area contributed by atoms with E-state index in [9.17, 15) is 58.2 Å². The molecule has 1 fully saturated rings. The lowest BCUT2D eigenvalue weighted by Crippen LogP contribution is -2.61. The van der Waals surface area contributed by atoms with Gasteiger partial charge in [0.1, 0.15) is 54.4 Å². The van der Waals surface area contributed by atoms with Crippen molar-refractivity contribution in [2.75, 3.05) is 32.7 Å². The van der Waals surface area contributed by atoms with Crippen LogP contribution in [0.4, 0.5) is 0 Å². The first-order valence-corrected chi connectivity index (χ1v) is 27.5. The van der Waals surface area contributed by atoms with Gasteiger partial charge >= 0.3 is 0 Å². The van der Waals surface area contributed by atoms with Crippen LogP contribution in [-0.4, -0.2) is 169 Å². The van der Waals surface area contributed by atoms with E-state index in [-0.39, 0.29) is 82.1 Å². The predicted octanol–water partition coefficient (Wildman–Crippen LogP) is -3.26. The van der Waals surface area contributed by atoms with Gasteiger partial charge in [0.05, 0.1) is 12.2 Å². The van der Waals surface area contributed by atoms with Crippen molar-refractivity contribution in [2.45, 2.75) is 153 Å². The lowest BCUT2D eigenvalue weighted by molar-refractivity contribution is -0.136. The number of nitrogens with two attached hydrogens (primary N) is 4. The fraction of sp³-hybridized carbons (Fsp3) is 0.564. The molecule has 4 rings (SSSR count). The highest BCUT2D eigenvalue weighted by molar-refractivity contribution is 6.05. The normalized spacial score (nSPS) is 22.9. The van der Waals surface area contributed by atoms with Crippen LogP contribution in [0.1, 0.15) is 96.8 Å². The zero-order valence-electron chi connectivity index (χ0n) is 47.0. The quantitative estimate of drug-likeness (QED) is 0.0494. The van der Waals surface area contributed by atoms with Gasteiger partial charge in [0.15, 0.2) is 0 Å². The Morgan fingerprint density at radius 1 is 0.543 bits per heavy atom. The van der Waals surface area contributed by atoms with Crippen molar-refractivity contribution in [1.82, 2.24) is 53.2 Å². The second kappa shape index (κ2) is 32.2. The van der Waals surface area contributed by atoms with Gasteiger partial charge in [-0.05, 0) is 143 Å². The van der Waals surface area contributed by atoms with Crippen molar-refractivity contribution < 1.29 is 58.2 Å². The second-order valence-corrected chi connectivity index (χ2v) is 21.3. The largest absolute Gasteiger partial charge is 0.391 e. The van der Waals surface area contributed by atoms with Crippen LogP contribution in [0.15, 0.2) is 54.6 Å². The van der Waals surface area contributed by atoms with Gasteiger partial charge in [-0.15, -0.1) is 0 Å². The van der Waals surface area contributed by atoms with Gasteiger partial charge < -0.3 is 86.3 Å². The third kappa shape index (κ3) is 20.0. The van der Waals surface area contributed by atoms with E-state index in [2.05, 4.69) is 53.2 Å². The van der Waals surface area contributed by atoms with Crippen LogP contribution in [0.3, 0.4) is 0 Å². The molecule has 20 N–H and O–H groups in total. The molecule has 0 aliphatic carbocycles. The van der Waals surface area contributed by atoms with Crippen LogP contribution in [-0.2, 0) is 43.2 Å². The van der Waals surface area contributed by atoms with Crippen molar-refractivity contribution in [3.63, 3.8) is 0 Å². The molecule has 1 saturated heterocycles. The van der Waals surface area contributed by atoms with Crippen LogP contribution < -0.4 is 76.1 Å². The zero-order valence-corrected chi connectivity index (χ0v) is 47.0. The minimum Gasteiger partial charge on any atom is -0.391 e. The molecule has 0 unspecified atom stereocenters. The van der Waals surface area contributed by atoms with Crippen LogP contribution in [0.5, 0.6) is 0 Å². The highest BCUT2D eigenvalue weighted by atomic mass is 16.3. The fourth-order valence-corrected chi connectivity index (χ4v) is 9.13. The summed E-state index contributed by atoms with van der Waals surface area (Å²) in [6.45, 7) is 8.64. The fourth-order valence-electron chi connectivity index (χ4n) is 9.13. The maximum atomic E-state index is 14.4. The number of hydrogen-bond donors (Lipinski definition) is 16. The number of aliphatic hydroxyl groups is 2.